The molecule has 1 aliphatic rings. The van der Waals surface area contributed by atoms with Crippen LogP contribution in [-0.4, -0.2) is 18.5 Å². The lowest BCUT2D eigenvalue weighted by Gasteiger charge is -2.16. The minimum atomic E-state index is -0.892. The third kappa shape index (κ3) is 1.90. The van der Waals surface area contributed by atoms with Crippen molar-refractivity contribution in [2.45, 2.75) is 6.42 Å². The fourth-order valence-corrected chi connectivity index (χ4v) is 1.42. The Morgan fingerprint density at radius 1 is 1.47 bits per heavy atom. The lowest BCUT2D eigenvalue weighted by Crippen LogP contribution is -2.18. The van der Waals surface area contributed by atoms with Crippen molar-refractivity contribution in [3.8, 4) is 11.5 Å². The van der Waals surface area contributed by atoms with Gasteiger partial charge in [-0.2, -0.15) is 0 Å². The number of fused-ring (bicyclic) bond motifs is 1. The van der Waals surface area contributed by atoms with Gasteiger partial charge in [-0.3, -0.25) is 4.79 Å². The van der Waals surface area contributed by atoms with Crippen LogP contribution >= 0.6 is 0 Å². The fourth-order valence-electron chi connectivity index (χ4n) is 1.42. The summed E-state index contributed by atoms with van der Waals surface area (Å²) in [5.41, 5.74) is 5.37. The molecule has 5 heteroatoms. The van der Waals surface area contributed by atoms with Crippen molar-refractivity contribution in [2.75, 3.05) is 6.61 Å². The number of primary amides is 1. The molecule has 1 aliphatic heterocycles. The van der Waals surface area contributed by atoms with Gasteiger partial charge in [0.2, 0.25) is 0 Å². The number of ether oxygens (including phenoxy) is 2. The number of ketones is 1. The first-order chi connectivity index (χ1) is 7.16. The maximum absolute atomic E-state index is 11.4. The number of rotatable bonds is 1. The van der Waals surface area contributed by atoms with Crippen LogP contribution in [0.3, 0.4) is 0 Å². The standard InChI is InChI=1S/C10H9NO4/c11-10(13)15-6-1-2-7-8(12)3-4-14-9(7)5-6/h1-2,5H,3-4H2,(H2,11,13). The van der Waals surface area contributed by atoms with Crippen molar-refractivity contribution in [2.24, 2.45) is 5.73 Å². The summed E-state index contributed by atoms with van der Waals surface area (Å²) < 4.78 is 9.93. The average Bonchev–Trinajstić information content (AvgIpc) is 2.17. The molecule has 1 aromatic carbocycles. The van der Waals surface area contributed by atoms with Crippen LogP contribution in [0.15, 0.2) is 18.2 Å². The van der Waals surface area contributed by atoms with Gasteiger partial charge in [-0.25, -0.2) is 4.79 Å². The van der Waals surface area contributed by atoms with E-state index < -0.39 is 6.09 Å². The third-order valence-corrected chi connectivity index (χ3v) is 2.06. The van der Waals surface area contributed by atoms with Crippen molar-refractivity contribution < 1.29 is 19.1 Å². The molecule has 1 heterocycles. The smallest absolute Gasteiger partial charge is 0.409 e. The summed E-state index contributed by atoms with van der Waals surface area (Å²) in [4.78, 5) is 21.9. The van der Waals surface area contributed by atoms with Crippen LogP contribution < -0.4 is 15.2 Å². The number of nitrogens with two attached hydrogens (primary N) is 1. The molecular weight excluding hydrogens is 198 g/mol. The predicted molar refractivity (Wildman–Crippen MR) is 51.1 cm³/mol. The molecule has 0 saturated heterocycles. The molecule has 0 spiro atoms. The van der Waals surface area contributed by atoms with Crippen molar-refractivity contribution in [1.29, 1.82) is 0 Å². The topological polar surface area (TPSA) is 78.6 Å². The maximum Gasteiger partial charge on any atom is 0.409 e. The molecule has 0 aliphatic carbocycles. The van der Waals surface area contributed by atoms with Gasteiger partial charge in [0.1, 0.15) is 11.5 Å². The lowest BCUT2D eigenvalue weighted by molar-refractivity contribution is 0.0933. The normalized spacial score (nSPS) is 14.0. The zero-order valence-electron chi connectivity index (χ0n) is 7.86. The van der Waals surface area contributed by atoms with Crippen molar-refractivity contribution >= 4 is 11.9 Å². The molecule has 0 radical (unpaired) electrons. The van der Waals surface area contributed by atoms with E-state index in [1.807, 2.05) is 0 Å². The molecule has 0 saturated carbocycles. The van der Waals surface area contributed by atoms with Crippen molar-refractivity contribution in [3.63, 3.8) is 0 Å². The van der Waals surface area contributed by atoms with Crippen LogP contribution in [0.2, 0.25) is 0 Å². The van der Waals surface area contributed by atoms with E-state index in [1.54, 1.807) is 6.07 Å². The Hall–Kier alpha value is -2.04. The molecule has 0 atom stereocenters. The van der Waals surface area contributed by atoms with Gasteiger partial charge in [-0.15, -0.1) is 0 Å². The van der Waals surface area contributed by atoms with E-state index in [0.29, 0.717) is 24.3 Å². The van der Waals surface area contributed by atoms with Crippen molar-refractivity contribution in [3.05, 3.63) is 23.8 Å². The highest BCUT2D eigenvalue weighted by Gasteiger charge is 2.18. The van der Waals surface area contributed by atoms with Gasteiger partial charge in [0.05, 0.1) is 12.2 Å². The van der Waals surface area contributed by atoms with Crippen LogP contribution in [0, 0.1) is 0 Å². The van der Waals surface area contributed by atoms with Crippen molar-refractivity contribution in [1.82, 2.24) is 0 Å². The molecule has 0 fully saturated rings. The predicted octanol–water partition coefficient (Wildman–Crippen LogP) is 1.11. The molecule has 5 nitrogen and oxygen atoms in total. The van der Waals surface area contributed by atoms with Crippen LogP contribution in [0.1, 0.15) is 16.8 Å². The molecule has 78 valence electrons. The summed E-state index contributed by atoms with van der Waals surface area (Å²) in [5, 5.41) is 0. The van der Waals surface area contributed by atoms with E-state index in [4.69, 9.17) is 10.5 Å². The first-order valence-electron chi connectivity index (χ1n) is 4.44. The van der Waals surface area contributed by atoms with Gasteiger partial charge >= 0.3 is 6.09 Å². The monoisotopic (exact) mass is 207 g/mol. The SMILES string of the molecule is NC(=O)Oc1ccc2c(c1)OCCC2=O. The number of amides is 1. The first kappa shape index (κ1) is 9.51. The number of benzene rings is 1. The Balaban J connectivity index is 2.33. The molecule has 2 N–H and O–H groups in total. The van der Waals surface area contributed by atoms with Gasteiger partial charge in [0, 0.05) is 12.5 Å². The average molecular weight is 207 g/mol. The zero-order chi connectivity index (χ0) is 10.8. The van der Waals surface area contributed by atoms with Gasteiger partial charge in [-0.1, -0.05) is 0 Å². The zero-order valence-corrected chi connectivity index (χ0v) is 7.86. The van der Waals surface area contributed by atoms with E-state index in [-0.39, 0.29) is 11.5 Å². The molecule has 0 bridgehead atoms. The number of carbonyl (C=O) groups is 2. The number of hydrogen-bond acceptors (Lipinski definition) is 4. The highest BCUT2D eigenvalue weighted by Crippen LogP contribution is 2.28. The Morgan fingerprint density at radius 3 is 3.00 bits per heavy atom. The van der Waals surface area contributed by atoms with E-state index in [9.17, 15) is 9.59 Å². The summed E-state index contributed by atoms with van der Waals surface area (Å²) in [6.45, 7) is 0.353. The third-order valence-electron chi connectivity index (χ3n) is 2.06. The molecule has 1 aromatic rings. The minimum Gasteiger partial charge on any atom is -0.492 e. The van der Waals surface area contributed by atoms with Gasteiger partial charge < -0.3 is 15.2 Å². The molecule has 0 aromatic heterocycles. The maximum atomic E-state index is 11.4. The molecule has 15 heavy (non-hydrogen) atoms. The van der Waals surface area contributed by atoms with E-state index >= 15 is 0 Å². The highest BCUT2D eigenvalue weighted by molar-refractivity contribution is 5.99. The van der Waals surface area contributed by atoms with E-state index in [1.165, 1.54) is 12.1 Å². The first-order valence-corrected chi connectivity index (χ1v) is 4.44. The van der Waals surface area contributed by atoms with Crippen LogP contribution in [0.25, 0.3) is 0 Å². The fraction of sp³-hybridized carbons (Fsp3) is 0.200. The second kappa shape index (κ2) is 3.61. The molecular formula is C10H9NO4. The Kier molecular flexibility index (Phi) is 2.29. The number of Topliss-reactive ketones (excluding diaryl/α,β-unsaturated/α-hetero) is 1. The quantitative estimate of drug-likeness (QED) is 0.748. The summed E-state index contributed by atoms with van der Waals surface area (Å²) in [6.07, 6.45) is -0.514. The molecule has 0 unspecified atom stereocenters. The Labute approximate surface area is 85.8 Å². The molecule has 1 amide bonds. The van der Waals surface area contributed by atoms with E-state index in [0.717, 1.165) is 0 Å². The molecule has 2 rings (SSSR count). The van der Waals surface area contributed by atoms with Gasteiger partial charge in [0.25, 0.3) is 0 Å². The summed E-state index contributed by atoms with van der Waals surface area (Å²) in [6, 6.07) is 4.56. The van der Waals surface area contributed by atoms with Gasteiger partial charge in [0.15, 0.2) is 5.78 Å². The van der Waals surface area contributed by atoms with Crippen LogP contribution in [-0.2, 0) is 0 Å². The summed E-state index contributed by atoms with van der Waals surface area (Å²) >= 11 is 0. The lowest BCUT2D eigenvalue weighted by atomic mass is 10.1. The minimum absolute atomic E-state index is 0.0295. The summed E-state index contributed by atoms with van der Waals surface area (Å²) in [7, 11) is 0. The second-order valence-corrected chi connectivity index (χ2v) is 3.10. The van der Waals surface area contributed by atoms with Gasteiger partial charge in [-0.05, 0) is 12.1 Å². The largest absolute Gasteiger partial charge is 0.492 e. The summed E-state index contributed by atoms with van der Waals surface area (Å²) in [5.74, 6) is 0.739. The van der Waals surface area contributed by atoms with Crippen LogP contribution in [0.5, 0.6) is 11.5 Å². The number of hydrogen-bond donors (Lipinski definition) is 1. The van der Waals surface area contributed by atoms with E-state index in [2.05, 4.69) is 4.74 Å². The number of carbonyl (C=O) groups excluding carboxylic acids is 2. The highest BCUT2D eigenvalue weighted by atomic mass is 16.5. The Morgan fingerprint density at radius 2 is 2.27 bits per heavy atom. The van der Waals surface area contributed by atoms with Crippen LogP contribution in [0.4, 0.5) is 4.79 Å². The second-order valence-electron chi connectivity index (χ2n) is 3.10. The Bertz CT molecular complexity index is 427.